The zero-order valence-corrected chi connectivity index (χ0v) is 21.5. The Bertz CT molecular complexity index is 1060. The fourth-order valence-corrected chi connectivity index (χ4v) is 4.73. The van der Waals surface area contributed by atoms with Crippen LogP contribution in [0, 0.1) is 0 Å². The molecule has 2 aliphatic rings. The topological polar surface area (TPSA) is 83.6 Å². The van der Waals surface area contributed by atoms with Crippen LogP contribution in [0.25, 0.3) is 0 Å². The molecule has 0 radical (unpaired) electrons. The summed E-state index contributed by atoms with van der Waals surface area (Å²) >= 11 is 5.76. The summed E-state index contributed by atoms with van der Waals surface area (Å²) in [6.07, 6.45) is -0.0120. The molecule has 0 spiro atoms. The molecular formula is C26H32N4O5S. The first-order valence-electron chi connectivity index (χ1n) is 12.1. The average Bonchev–Trinajstić information content (AvgIpc) is 3.13. The first-order valence-corrected chi connectivity index (χ1v) is 12.5. The van der Waals surface area contributed by atoms with E-state index in [1.807, 2.05) is 11.8 Å². The highest BCUT2D eigenvalue weighted by molar-refractivity contribution is 7.80. The van der Waals surface area contributed by atoms with Crippen LogP contribution in [-0.2, 0) is 14.3 Å². The van der Waals surface area contributed by atoms with Gasteiger partial charge in [0.2, 0.25) is 5.91 Å². The Labute approximate surface area is 216 Å². The molecule has 36 heavy (non-hydrogen) atoms. The van der Waals surface area contributed by atoms with Gasteiger partial charge in [0.25, 0.3) is 5.91 Å². The van der Waals surface area contributed by atoms with E-state index in [0.29, 0.717) is 48.6 Å². The van der Waals surface area contributed by atoms with Crippen molar-refractivity contribution >= 4 is 40.5 Å². The number of amides is 2. The number of thiocarbonyl (C=S) groups is 1. The molecule has 0 saturated carbocycles. The Morgan fingerprint density at radius 3 is 2.36 bits per heavy atom. The number of hydrogen-bond donors (Lipinski definition) is 1. The minimum atomic E-state index is -0.691. The van der Waals surface area contributed by atoms with E-state index >= 15 is 0 Å². The Morgan fingerprint density at radius 2 is 1.72 bits per heavy atom. The first kappa shape index (κ1) is 25.9. The third-order valence-corrected chi connectivity index (χ3v) is 6.66. The minimum absolute atomic E-state index is 0.0120. The zero-order valence-electron chi connectivity index (χ0n) is 20.6. The molecule has 2 aromatic carbocycles. The van der Waals surface area contributed by atoms with Crippen LogP contribution in [0.15, 0.2) is 48.5 Å². The lowest BCUT2D eigenvalue weighted by Crippen LogP contribution is -2.45. The van der Waals surface area contributed by atoms with Crippen LogP contribution in [0.5, 0.6) is 11.5 Å². The van der Waals surface area contributed by atoms with Crippen molar-refractivity contribution in [3.05, 3.63) is 48.5 Å². The summed E-state index contributed by atoms with van der Waals surface area (Å²) < 4.78 is 16.1. The smallest absolute Gasteiger partial charge is 0.256 e. The van der Waals surface area contributed by atoms with E-state index in [4.69, 9.17) is 26.4 Å². The fourth-order valence-electron chi connectivity index (χ4n) is 4.32. The lowest BCUT2D eigenvalue weighted by atomic mass is 10.1. The summed E-state index contributed by atoms with van der Waals surface area (Å²) in [5.74, 6) is 0.949. The minimum Gasteiger partial charge on any atom is -0.497 e. The Hall–Kier alpha value is -3.21. The van der Waals surface area contributed by atoms with Gasteiger partial charge < -0.3 is 24.4 Å². The molecule has 0 aliphatic carbocycles. The summed E-state index contributed by atoms with van der Waals surface area (Å²) in [6, 6.07) is 13.6. The SMILES string of the molecule is CCOc1ccc(NC(=O)CC2C(=O)N(c3ccc(OC)cc3)C(=S)N2CCN2CCOCC2)cc1. The first-order chi connectivity index (χ1) is 17.5. The number of nitrogens with zero attached hydrogens (tertiary/aromatic N) is 3. The van der Waals surface area contributed by atoms with E-state index in [2.05, 4.69) is 10.2 Å². The second-order valence-corrected chi connectivity index (χ2v) is 8.89. The molecule has 2 heterocycles. The van der Waals surface area contributed by atoms with Crippen molar-refractivity contribution < 1.29 is 23.8 Å². The average molecular weight is 513 g/mol. The Morgan fingerprint density at radius 1 is 1.06 bits per heavy atom. The van der Waals surface area contributed by atoms with Gasteiger partial charge >= 0.3 is 0 Å². The molecule has 2 saturated heterocycles. The molecule has 2 aliphatic heterocycles. The van der Waals surface area contributed by atoms with Gasteiger partial charge in [0, 0.05) is 31.9 Å². The van der Waals surface area contributed by atoms with Gasteiger partial charge in [-0.2, -0.15) is 0 Å². The number of ether oxygens (including phenoxy) is 3. The van der Waals surface area contributed by atoms with Crippen molar-refractivity contribution in [2.24, 2.45) is 0 Å². The number of nitrogens with one attached hydrogen (secondary N) is 1. The molecule has 1 atom stereocenters. The highest BCUT2D eigenvalue weighted by Crippen LogP contribution is 2.29. The predicted molar refractivity (Wildman–Crippen MR) is 142 cm³/mol. The molecule has 0 aromatic heterocycles. The maximum Gasteiger partial charge on any atom is 0.256 e. The normalized spacial score (nSPS) is 18.4. The highest BCUT2D eigenvalue weighted by atomic mass is 32.1. The number of carbonyl (C=O) groups excluding carboxylic acids is 2. The van der Waals surface area contributed by atoms with Crippen LogP contribution < -0.4 is 19.7 Å². The summed E-state index contributed by atoms with van der Waals surface area (Å²) in [4.78, 5) is 32.2. The van der Waals surface area contributed by atoms with Crippen molar-refractivity contribution in [2.45, 2.75) is 19.4 Å². The Kier molecular flexibility index (Phi) is 8.74. The van der Waals surface area contributed by atoms with E-state index in [1.165, 1.54) is 4.90 Å². The number of methoxy groups -OCH3 is 1. The van der Waals surface area contributed by atoms with Gasteiger partial charge in [0.1, 0.15) is 17.5 Å². The lowest BCUT2D eigenvalue weighted by Gasteiger charge is -2.30. The third-order valence-electron chi connectivity index (χ3n) is 6.24. The van der Waals surface area contributed by atoms with E-state index < -0.39 is 6.04 Å². The Balaban J connectivity index is 1.49. The van der Waals surface area contributed by atoms with E-state index in [-0.39, 0.29) is 18.2 Å². The summed E-state index contributed by atoms with van der Waals surface area (Å²) in [5, 5.41) is 3.29. The largest absolute Gasteiger partial charge is 0.497 e. The molecule has 9 nitrogen and oxygen atoms in total. The van der Waals surface area contributed by atoms with Gasteiger partial charge in [-0.3, -0.25) is 19.4 Å². The molecule has 10 heteroatoms. The number of benzene rings is 2. The van der Waals surface area contributed by atoms with Crippen LogP contribution in [0.3, 0.4) is 0 Å². The van der Waals surface area contributed by atoms with Crippen molar-refractivity contribution in [1.29, 1.82) is 0 Å². The van der Waals surface area contributed by atoms with Crippen LogP contribution in [0.2, 0.25) is 0 Å². The third kappa shape index (κ3) is 6.13. The molecule has 2 amide bonds. The maximum atomic E-state index is 13.6. The molecule has 192 valence electrons. The number of anilines is 2. The molecule has 2 aromatic rings. The fraction of sp³-hybridized carbons (Fsp3) is 0.423. The lowest BCUT2D eigenvalue weighted by molar-refractivity contribution is -0.124. The van der Waals surface area contributed by atoms with Gasteiger partial charge in [0.05, 0.1) is 39.0 Å². The number of morpholine rings is 1. The van der Waals surface area contributed by atoms with Crippen LogP contribution >= 0.6 is 12.2 Å². The standard InChI is InChI=1S/C26H32N4O5S/c1-3-35-22-8-4-19(5-9-22)27-24(31)18-23-25(32)30(20-6-10-21(33-2)11-7-20)26(36)29(23)13-12-28-14-16-34-17-15-28/h4-11,23H,3,12-18H2,1-2H3,(H,27,31). The van der Waals surface area contributed by atoms with Crippen LogP contribution in [0.1, 0.15) is 13.3 Å². The second kappa shape index (κ2) is 12.2. The monoisotopic (exact) mass is 512 g/mol. The molecule has 1 unspecified atom stereocenters. The van der Waals surface area contributed by atoms with Crippen molar-refractivity contribution in [1.82, 2.24) is 9.80 Å². The maximum absolute atomic E-state index is 13.6. The second-order valence-electron chi connectivity index (χ2n) is 8.53. The van der Waals surface area contributed by atoms with Gasteiger partial charge in [-0.25, -0.2) is 0 Å². The predicted octanol–water partition coefficient (Wildman–Crippen LogP) is 2.76. The molecular weight excluding hydrogens is 480 g/mol. The van der Waals surface area contributed by atoms with Gasteiger partial charge in [-0.15, -0.1) is 0 Å². The number of carbonyl (C=O) groups is 2. The van der Waals surface area contributed by atoms with Gasteiger partial charge in [-0.1, -0.05) is 0 Å². The number of rotatable bonds is 10. The zero-order chi connectivity index (χ0) is 25.5. The van der Waals surface area contributed by atoms with Crippen LogP contribution in [-0.4, -0.2) is 85.9 Å². The molecule has 0 bridgehead atoms. The van der Waals surface area contributed by atoms with E-state index in [9.17, 15) is 9.59 Å². The van der Waals surface area contributed by atoms with Crippen LogP contribution in [0.4, 0.5) is 11.4 Å². The number of hydrogen-bond acceptors (Lipinski definition) is 7. The summed E-state index contributed by atoms with van der Waals surface area (Å²) in [6.45, 7) is 6.80. The van der Waals surface area contributed by atoms with Crippen molar-refractivity contribution in [3.63, 3.8) is 0 Å². The molecule has 2 fully saturated rings. The highest BCUT2D eigenvalue weighted by Gasteiger charge is 2.44. The van der Waals surface area contributed by atoms with E-state index in [1.54, 1.807) is 55.6 Å². The van der Waals surface area contributed by atoms with Crippen molar-refractivity contribution in [2.75, 3.05) is 63.3 Å². The quantitative estimate of drug-likeness (QED) is 0.487. The van der Waals surface area contributed by atoms with Gasteiger partial charge in [-0.05, 0) is 67.7 Å². The van der Waals surface area contributed by atoms with E-state index in [0.717, 1.165) is 25.4 Å². The van der Waals surface area contributed by atoms with Gasteiger partial charge in [0.15, 0.2) is 5.11 Å². The summed E-state index contributed by atoms with van der Waals surface area (Å²) in [5.41, 5.74) is 1.29. The van der Waals surface area contributed by atoms with Crippen molar-refractivity contribution in [3.8, 4) is 11.5 Å². The summed E-state index contributed by atoms with van der Waals surface area (Å²) in [7, 11) is 1.59. The molecule has 1 N–H and O–H groups in total. The molecule has 4 rings (SSSR count).